The molecule has 0 aliphatic carbocycles. The van der Waals surface area contributed by atoms with E-state index in [1.807, 2.05) is 5.32 Å². The van der Waals surface area contributed by atoms with E-state index in [0.29, 0.717) is 0 Å². The molecule has 0 bridgehead atoms. The summed E-state index contributed by atoms with van der Waals surface area (Å²) in [5, 5.41) is 1.88. The van der Waals surface area contributed by atoms with Crippen molar-refractivity contribution < 1.29 is 35.5 Å². The van der Waals surface area contributed by atoms with Gasteiger partial charge in [-0.15, -0.1) is 0 Å². The maximum Gasteiger partial charge on any atom is 0.459 e. The Balaban J connectivity index is 2.90. The number of halogens is 7. The predicted molar refractivity (Wildman–Crippen MR) is 38.6 cm³/mol. The average molecular weight is 255 g/mol. The Hall–Kier alpha value is -0.570. The minimum absolute atomic E-state index is 0.00975. The van der Waals surface area contributed by atoms with Gasteiger partial charge in [-0.2, -0.15) is 30.7 Å². The van der Waals surface area contributed by atoms with Crippen LogP contribution >= 0.6 is 0 Å². The first-order valence-electron chi connectivity index (χ1n) is 4.24. The minimum Gasteiger partial charge on any atom is -0.378 e. The van der Waals surface area contributed by atoms with Crippen LogP contribution < -0.4 is 5.32 Å². The fourth-order valence-corrected chi connectivity index (χ4v) is 1.21. The van der Waals surface area contributed by atoms with Gasteiger partial charge in [-0.1, -0.05) is 0 Å². The zero-order valence-electron chi connectivity index (χ0n) is 7.75. The molecule has 9 heteroatoms. The Kier molecular flexibility index (Phi) is 3.39. The maximum atomic E-state index is 13.0. The van der Waals surface area contributed by atoms with E-state index in [2.05, 4.69) is 4.74 Å². The van der Waals surface area contributed by atoms with Crippen LogP contribution in [-0.4, -0.2) is 43.8 Å². The predicted octanol–water partition coefficient (Wildman–Crippen LogP) is 1.81. The summed E-state index contributed by atoms with van der Waals surface area (Å²) in [6.07, 6.45) is -6.30. The summed E-state index contributed by atoms with van der Waals surface area (Å²) in [4.78, 5) is 0. The highest BCUT2D eigenvalue weighted by atomic mass is 19.4. The molecule has 96 valence electrons. The first-order chi connectivity index (χ1) is 7.11. The van der Waals surface area contributed by atoms with Crippen LogP contribution in [0.3, 0.4) is 0 Å². The van der Waals surface area contributed by atoms with Crippen molar-refractivity contribution in [3.05, 3.63) is 0 Å². The first-order valence-corrected chi connectivity index (χ1v) is 4.24. The van der Waals surface area contributed by atoms with Gasteiger partial charge in [0.05, 0.1) is 13.2 Å². The van der Waals surface area contributed by atoms with Crippen molar-refractivity contribution in [3.63, 3.8) is 0 Å². The summed E-state index contributed by atoms with van der Waals surface area (Å²) in [6, 6.07) is -2.35. The topological polar surface area (TPSA) is 21.3 Å². The quantitative estimate of drug-likeness (QED) is 0.760. The van der Waals surface area contributed by atoms with Crippen LogP contribution in [0.15, 0.2) is 0 Å². The highest BCUT2D eigenvalue weighted by Crippen LogP contribution is 2.48. The number of ether oxygens (including phenoxy) is 1. The monoisotopic (exact) mass is 255 g/mol. The van der Waals surface area contributed by atoms with Gasteiger partial charge >= 0.3 is 18.0 Å². The van der Waals surface area contributed by atoms with Gasteiger partial charge in [-0.05, 0) is 0 Å². The van der Waals surface area contributed by atoms with Crippen molar-refractivity contribution >= 4 is 0 Å². The highest BCUT2D eigenvalue weighted by Gasteiger charge is 2.75. The molecule has 1 heterocycles. The summed E-state index contributed by atoms with van der Waals surface area (Å²) in [7, 11) is 0. The zero-order chi connectivity index (χ0) is 12.6. The molecule has 2 nitrogen and oxygen atoms in total. The van der Waals surface area contributed by atoms with Crippen molar-refractivity contribution in [2.24, 2.45) is 0 Å². The van der Waals surface area contributed by atoms with Gasteiger partial charge in [-0.25, -0.2) is 0 Å². The van der Waals surface area contributed by atoms with E-state index < -0.39 is 30.7 Å². The minimum atomic E-state index is -6.30. The number of hydrogen-bond acceptors (Lipinski definition) is 2. The van der Waals surface area contributed by atoms with Crippen LogP contribution in [-0.2, 0) is 4.74 Å². The second-order valence-electron chi connectivity index (χ2n) is 3.28. The number of alkyl halides is 7. The molecule has 0 aromatic carbocycles. The zero-order valence-corrected chi connectivity index (χ0v) is 7.75. The second kappa shape index (κ2) is 4.02. The average Bonchev–Trinajstić information content (AvgIpc) is 2.17. The van der Waals surface area contributed by atoms with Gasteiger partial charge in [0, 0.05) is 6.54 Å². The van der Waals surface area contributed by atoms with Gasteiger partial charge in [0.25, 0.3) is 0 Å². The van der Waals surface area contributed by atoms with E-state index in [9.17, 15) is 30.7 Å². The third-order valence-corrected chi connectivity index (χ3v) is 2.13. The molecule has 0 unspecified atom stereocenters. The molecule has 1 aliphatic rings. The molecule has 0 saturated carbocycles. The smallest absolute Gasteiger partial charge is 0.378 e. The van der Waals surface area contributed by atoms with E-state index in [1.165, 1.54) is 0 Å². The third-order valence-electron chi connectivity index (χ3n) is 2.13. The summed E-state index contributed by atoms with van der Waals surface area (Å²) < 4.78 is 90.8. The normalized spacial score (nSPS) is 24.6. The number of hydrogen-bond donors (Lipinski definition) is 1. The summed E-state index contributed by atoms with van der Waals surface area (Å²) in [6.45, 7) is -1.10. The summed E-state index contributed by atoms with van der Waals surface area (Å²) >= 11 is 0. The maximum absolute atomic E-state index is 13.0. The molecular formula is C7H8F7NO. The molecule has 16 heavy (non-hydrogen) atoms. The lowest BCUT2D eigenvalue weighted by molar-refractivity contribution is -0.362. The van der Waals surface area contributed by atoms with Crippen LogP contribution in [0.1, 0.15) is 0 Å². The fraction of sp³-hybridized carbons (Fsp3) is 1.00. The molecule has 1 rings (SSSR count). The molecule has 1 N–H and O–H groups in total. The van der Waals surface area contributed by atoms with E-state index in [1.54, 1.807) is 0 Å². The lowest BCUT2D eigenvalue weighted by atomic mass is 10.0. The molecule has 0 spiro atoms. The Bertz CT molecular complexity index is 246. The van der Waals surface area contributed by atoms with Crippen molar-refractivity contribution in [3.8, 4) is 0 Å². The fourth-order valence-electron chi connectivity index (χ4n) is 1.21. The molecule has 0 amide bonds. The van der Waals surface area contributed by atoms with Gasteiger partial charge in [0.15, 0.2) is 0 Å². The SMILES string of the molecule is FC(F)(F)C(F)(F)C(F)(F)[C@H]1COCCN1. The molecule has 0 aromatic rings. The van der Waals surface area contributed by atoms with Crippen molar-refractivity contribution in [1.82, 2.24) is 5.32 Å². The summed E-state index contributed by atoms with van der Waals surface area (Å²) in [5.74, 6) is -11.3. The molecule has 1 fully saturated rings. The number of nitrogens with one attached hydrogen (secondary N) is 1. The van der Waals surface area contributed by atoms with E-state index >= 15 is 0 Å². The van der Waals surface area contributed by atoms with Gasteiger partial charge < -0.3 is 10.1 Å². The Morgan fingerprint density at radius 3 is 1.94 bits per heavy atom. The molecule has 1 aliphatic heterocycles. The lowest BCUT2D eigenvalue weighted by Gasteiger charge is -2.36. The first kappa shape index (κ1) is 13.5. The van der Waals surface area contributed by atoms with Crippen LogP contribution in [0.2, 0.25) is 0 Å². The van der Waals surface area contributed by atoms with Crippen LogP contribution in [0, 0.1) is 0 Å². The third kappa shape index (κ3) is 2.10. The largest absolute Gasteiger partial charge is 0.459 e. The Morgan fingerprint density at radius 2 is 1.56 bits per heavy atom. The highest BCUT2D eigenvalue weighted by molar-refractivity contribution is 4.99. The Labute approximate surface area is 85.7 Å². The number of rotatable bonds is 2. The standard InChI is InChI=1S/C7H8F7NO/c8-5(9,4-3-16-2-1-15-4)6(10,11)7(12,13)14/h4,15H,1-3H2/t4-/m1/s1. The van der Waals surface area contributed by atoms with Gasteiger partial charge in [0.1, 0.15) is 6.04 Å². The van der Waals surface area contributed by atoms with E-state index in [0.717, 1.165) is 0 Å². The molecule has 1 saturated heterocycles. The van der Waals surface area contributed by atoms with Crippen LogP contribution in [0.25, 0.3) is 0 Å². The number of morpholine rings is 1. The van der Waals surface area contributed by atoms with E-state index in [4.69, 9.17) is 0 Å². The molecule has 1 atom stereocenters. The van der Waals surface area contributed by atoms with Crippen molar-refractivity contribution in [1.29, 1.82) is 0 Å². The van der Waals surface area contributed by atoms with Gasteiger partial charge in [0.2, 0.25) is 0 Å². The van der Waals surface area contributed by atoms with Crippen LogP contribution in [0.5, 0.6) is 0 Å². The molecule has 0 radical (unpaired) electrons. The summed E-state index contributed by atoms with van der Waals surface area (Å²) in [5.41, 5.74) is 0. The Morgan fingerprint density at radius 1 is 1.00 bits per heavy atom. The van der Waals surface area contributed by atoms with Crippen LogP contribution in [0.4, 0.5) is 30.7 Å². The van der Waals surface area contributed by atoms with E-state index in [-0.39, 0.29) is 13.2 Å². The van der Waals surface area contributed by atoms with Crippen molar-refractivity contribution in [2.45, 2.75) is 24.1 Å². The molecular weight excluding hydrogens is 247 g/mol. The van der Waals surface area contributed by atoms with Crippen molar-refractivity contribution in [2.75, 3.05) is 19.8 Å². The molecule has 0 aromatic heterocycles. The lowest BCUT2D eigenvalue weighted by Crippen LogP contribution is -2.64. The van der Waals surface area contributed by atoms with Gasteiger partial charge in [-0.3, -0.25) is 0 Å². The second-order valence-corrected chi connectivity index (χ2v) is 3.28.